The third-order valence-corrected chi connectivity index (χ3v) is 10.2. The monoisotopic (exact) mass is 472 g/mol. The van der Waals surface area contributed by atoms with Crippen LogP contribution >= 0.6 is 58.6 Å². The molecule has 0 spiro atoms. The van der Waals surface area contributed by atoms with Gasteiger partial charge < -0.3 is 0 Å². The molecule has 0 amide bonds. The highest BCUT2D eigenvalue weighted by molar-refractivity contribution is 8.40. The molecule has 0 atom stereocenters. The Morgan fingerprint density at radius 2 is 1.31 bits per heavy atom. The van der Waals surface area contributed by atoms with E-state index in [4.69, 9.17) is 0 Å². The van der Waals surface area contributed by atoms with E-state index in [-0.39, 0.29) is 0 Å². The number of aromatic nitrogens is 2. The zero-order valence-corrected chi connectivity index (χ0v) is 20.2. The third-order valence-electron chi connectivity index (χ3n) is 4.18. The zero-order chi connectivity index (χ0) is 20.1. The Kier molecular flexibility index (Phi) is 7.48. The van der Waals surface area contributed by atoms with Gasteiger partial charge in [0.1, 0.15) is 0 Å². The van der Waals surface area contributed by atoms with E-state index in [2.05, 4.69) is 78.0 Å². The average Bonchev–Trinajstić information content (AvgIpc) is 3.37. The molecule has 1 aliphatic rings. The second-order valence-corrected chi connectivity index (χ2v) is 12.1. The minimum absolute atomic E-state index is 0.942. The molecule has 0 radical (unpaired) electrons. The van der Waals surface area contributed by atoms with Gasteiger partial charge in [-0.25, -0.2) is 0 Å². The molecule has 0 saturated carbocycles. The lowest BCUT2D eigenvalue weighted by atomic mass is 10.2. The van der Waals surface area contributed by atoms with Crippen molar-refractivity contribution < 1.29 is 0 Å². The minimum Gasteiger partial charge on any atom is -0.139 e. The number of hydrogen-bond acceptors (Lipinski definition) is 7. The molecule has 0 unspecified atom stereocenters. The highest BCUT2D eigenvalue weighted by atomic mass is 32.3. The molecule has 3 aromatic rings. The first-order chi connectivity index (χ1) is 14.2. The lowest BCUT2D eigenvalue weighted by Crippen LogP contribution is -1.83. The van der Waals surface area contributed by atoms with E-state index in [1.165, 1.54) is 46.5 Å². The van der Waals surface area contributed by atoms with E-state index in [0.29, 0.717) is 0 Å². The van der Waals surface area contributed by atoms with E-state index >= 15 is 0 Å². The first-order valence-electron chi connectivity index (χ1n) is 9.11. The summed E-state index contributed by atoms with van der Waals surface area (Å²) in [6.07, 6.45) is 2.14. The van der Waals surface area contributed by atoms with E-state index in [1.807, 2.05) is 52.4 Å². The highest BCUT2D eigenvalue weighted by Gasteiger charge is 2.22. The predicted molar refractivity (Wildman–Crippen MR) is 135 cm³/mol. The number of benzene rings is 2. The van der Waals surface area contributed by atoms with E-state index in [1.54, 1.807) is 0 Å². The Morgan fingerprint density at radius 3 is 1.76 bits per heavy atom. The van der Waals surface area contributed by atoms with Crippen molar-refractivity contribution >= 4 is 64.7 Å². The van der Waals surface area contributed by atoms with Gasteiger partial charge in [-0.1, -0.05) is 87.7 Å². The van der Waals surface area contributed by atoms with Crippen molar-refractivity contribution in [3.8, 4) is 0 Å². The number of thioether (sulfide) groups is 4. The summed E-state index contributed by atoms with van der Waals surface area (Å²) in [6.45, 7) is 4.26. The molecule has 2 heterocycles. The summed E-state index contributed by atoms with van der Waals surface area (Å²) in [5.74, 6) is 1.98. The minimum atomic E-state index is 0.942. The second-order valence-electron chi connectivity index (χ2n) is 6.62. The van der Waals surface area contributed by atoms with Gasteiger partial charge in [0.05, 0.1) is 18.4 Å². The Morgan fingerprint density at radius 1 is 0.793 bits per heavy atom. The van der Waals surface area contributed by atoms with Crippen molar-refractivity contribution in [2.45, 2.75) is 25.4 Å². The van der Waals surface area contributed by atoms with Crippen molar-refractivity contribution in [3.05, 3.63) is 94.6 Å². The van der Waals surface area contributed by atoms with Crippen molar-refractivity contribution in [3.63, 3.8) is 0 Å². The van der Waals surface area contributed by atoms with Gasteiger partial charge in [0.15, 0.2) is 0 Å². The summed E-state index contributed by atoms with van der Waals surface area (Å²) in [5.41, 5.74) is 6.28. The van der Waals surface area contributed by atoms with Crippen molar-refractivity contribution in [1.82, 2.24) is 9.59 Å². The molecular formula is C22H20N2S5. The van der Waals surface area contributed by atoms with Gasteiger partial charge in [0.2, 0.25) is 0 Å². The highest BCUT2D eigenvalue weighted by Crippen LogP contribution is 2.58. The van der Waals surface area contributed by atoms with E-state index in [0.717, 1.165) is 17.2 Å². The fourth-order valence-electron chi connectivity index (χ4n) is 2.54. The van der Waals surface area contributed by atoms with Crippen LogP contribution in [0, 0.1) is 13.8 Å². The maximum absolute atomic E-state index is 4.17. The van der Waals surface area contributed by atoms with Crippen LogP contribution < -0.4 is 0 Å². The Hall–Kier alpha value is -1.12. The molecule has 0 N–H and O–H groups in total. The van der Waals surface area contributed by atoms with Crippen molar-refractivity contribution in [2.24, 2.45) is 0 Å². The molecule has 1 aromatic heterocycles. The molecular weight excluding hydrogens is 453 g/mol. The van der Waals surface area contributed by atoms with Gasteiger partial charge in [-0.05, 0) is 42.6 Å². The Labute approximate surface area is 193 Å². The van der Waals surface area contributed by atoms with Crippen LogP contribution in [0.3, 0.4) is 0 Å². The third kappa shape index (κ3) is 6.18. The van der Waals surface area contributed by atoms with Crippen LogP contribution in [0.4, 0.5) is 0 Å². The summed E-state index contributed by atoms with van der Waals surface area (Å²) in [4.78, 5) is 0. The SMILES string of the molecule is Cc1ccc(CSC2=C(SCc3ccc(C)cc3)SC(=Cc3csnn3)S2)cc1. The lowest BCUT2D eigenvalue weighted by molar-refractivity contribution is 1.14. The summed E-state index contributed by atoms with van der Waals surface area (Å²) in [5, 5.41) is 6.16. The van der Waals surface area contributed by atoms with Crippen LogP contribution in [0.5, 0.6) is 0 Å². The van der Waals surface area contributed by atoms with Crippen molar-refractivity contribution in [2.75, 3.05) is 0 Å². The summed E-state index contributed by atoms with van der Waals surface area (Å²) in [7, 11) is 0. The van der Waals surface area contributed by atoms with Crippen LogP contribution in [0.15, 0.2) is 66.6 Å². The first-order valence-corrected chi connectivity index (χ1v) is 13.6. The molecule has 29 heavy (non-hydrogen) atoms. The molecule has 2 nitrogen and oxygen atoms in total. The van der Waals surface area contributed by atoms with Crippen LogP contribution in [0.2, 0.25) is 0 Å². The maximum Gasteiger partial charge on any atom is 0.0998 e. The van der Waals surface area contributed by atoms with Crippen molar-refractivity contribution in [1.29, 1.82) is 0 Å². The topological polar surface area (TPSA) is 25.8 Å². The molecule has 0 aliphatic carbocycles. The largest absolute Gasteiger partial charge is 0.139 e. The Bertz CT molecular complexity index is 943. The average molecular weight is 473 g/mol. The summed E-state index contributed by atoms with van der Waals surface area (Å²) in [6, 6.07) is 17.7. The first kappa shape index (κ1) is 21.1. The Balaban J connectivity index is 1.47. The van der Waals surface area contributed by atoms with E-state index in [9.17, 15) is 0 Å². The molecule has 2 aromatic carbocycles. The van der Waals surface area contributed by atoms with Gasteiger partial charge in [-0.3, -0.25) is 0 Å². The van der Waals surface area contributed by atoms with Gasteiger partial charge in [-0.15, -0.1) is 28.6 Å². The number of nitrogens with zero attached hydrogens (tertiary/aromatic N) is 2. The second kappa shape index (κ2) is 10.3. The molecule has 0 fully saturated rings. The fourth-order valence-corrected chi connectivity index (χ4v) is 8.62. The van der Waals surface area contributed by atoms with Gasteiger partial charge in [0, 0.05) is 16.9 Å². The molecule has 0 bridgehead atoms. The predicted octanol–water partition coefficient (Wildman–Crippen LogP) is 7.93. The number of rotatable bonds is 7. The van der Waals surface area contributed by atoms with Crippen LogP contribution in [0.1, 0.15) is 27.9 Å². The van der Waals surface area contributed by atoms with E-state index < -0.39 is 0 Å². The van der Waals surface area contributed by atoms with Gasteiger partial charge >= 0.3 is 0 Å². The molecule has 0 saturated heterocycles. The quantitative estimate of drug-likeness (QED) is 0.346. The summed E-state index contributed by atoms with van der Waals surface area (Å²) < 4.78 is 8.03. The molecule has 7 heteroatoms. The van der Waals surface area contributed by atoms with Crippen LogP contribution in [0.25, 0.3) is 6.08 Å². The number of aryl methyl sites for hydroxylation is 2. The van der Waals surface area contributed by atoms with Crippen LogP contribution in [-0.2, 0) is 11.5 Å². The fraction of sp³-hybridized carbons (Fsp3) is 0.182. The maximum atomic E-state index is 4.17. The normalized spacial score (nSPS) is 13.9. The molecule has 148 valence electrons. The lowest BCUT2D eigenvalue weighted by Gasteiger charge is -2.06. The summed E-state index contributed by atoms with van der Waals surface area (Å²) >= 11 is 8.98. The standard InChI is InChI=1S/C22H20N2S5/c1-15-3-7-17(8-4-15)12-25-21-22(26-13-18-9-5-16(2)6-10-18)29-20(28-21)11-19-14-27-24-23-19/h3-11,14H,12-13H2,1-2H3. The molecule has 4 rings (SSSR count). The van der Waals surface area contributed by atoms with Crippen LogP contribution in [-0.4, -0.2) is 9.59 Å². The van der Waals surface area contributed by atoms with Gasteiger partial charge in [-0.2, -0.15) is 0 Å². The molecule has 1 aliphatic heterocycles. The smallest absolute Gasteiger partial charge is 0.0998 e. The zero-order valence-electron chi connectivity index (χ0n) is 16.1. The number of hydrogen-bond donors (Lipinski definition) is 0. The van der Waals surface area contributed by atoms with Gasteiger partial charge in [0.25, 0.3) is 0 Å².